The number of fused-ring (bicyclic) bond motifs is 3. The lowest BCUT2D eigenvalue weighted by Gasteiger charge is -2.19. The summed E-state index contributed by atoms with van der Waals surface area (Å²) in [6, 6.07) is 11.2. The van der Waals surface area contributed by atoms with Crippen molar-refractivity contribution in [3.8, 4) is 17.2 Å². The number of pyridine rings is 1. The van der Waals surface area contributed by atoms with Gasteiger partial charge in [0.25, 0.3) is 0 Å². The van der Waals surface area contributed by atoms with Gasteiger partial charge < -0.3 is 14.9 Å². The molecule has 3 aromatic heterocycles. The third kappa shape index (κ3) is 3.00. The van der Waals surface area contributed by atoms with E-state index in [9.17, 15) is 4.79 Å². The van der Waals surface area contributed by atoms with Crippen LogP contribution in [0.25, 0.3) is 21.7 Å². The topological polar surface area (TPSA) is 78.3 Å². The average Bonchev–Trinajstić information content (AvgIpc) is 3.37. The molecule has 0 spiro atoms. The maximum Gasteiger partial charge on any atom is 0.355 e. The number of furan rings is 1. The van der Waals surface area contributed by atoms with Crippen molar-refractivity contribution in [1.29, 1.82) is 0 Å². The molecule has 146 valence electrons. The zero-order valence-electron chi connectivity index (χ0n) is 16.0. The van der Waals surface area contributed by atoms with Gasteiger partial charge in [0.05, 0.1) is 12.0 Å². The largest absolute Gasteiger partial charge is 0.463 e. The predicted molar refractivity (Wildman–Crippen MR) is 115 cm³/mol. The smallest absolute Gasteiger partial charge is 0.355 e. The molecule has 1 aliphatic carbocycles. The minimum atomic E-state index is -0.441. The predicted octanol–water partition coefficient (Wildman–Crippen LogP) is 5.54. The first-order chi connectivity index (χ1) is 14.1. The second kappa shape index (κ2) is 7.04. The molecule has 0 bridgehead atoms. The highest BCUT2D eigenvalue weighted by atomic mass is 32.1. The second-order valence-corrected chi connectivity index (χ2v) is 8.28. The molecule has 1 aromatic carbocycles. The fourth-order valence-electron chi connectivity index (χ4n) is 4.00. The Kier molecular flexibility index (Phi) is 4.36. The summed E-state index contributed by atoms with van der Waals surface area (Å²) in [7, 11) is 0. The highest BCUT2D eigenvalue weighted by Crippen LogP contribution is 2.42. The maximum atomic E-state index is 12.9. The van der Waals surface area contributed by atoms with Crippen molar-refractivity contribution in [3.63, 3.8) is 0 Å². The molecule has 0 aliphatic heterocycles. The summed E-state index contributed by atoms with van der Waals surface area (Å²) in [4.78, 5) is 18.9. The first-order valence-electron chi connectivity index (χ1n) is 9.69. The van der Waals surface area contributed by atoms with Crippen LogP contribution in [0.4, 0.5) is 5.69 Å². The number of rotatable bonds is 3. The Morgan fingerprint density at radius 1 is 1.14 bits per heavy atom. The van der Waals surface area contributed by atoms with E-state index < -0.39 is 5.97 Å². The summed E-state index contributed by atoms with van der Waals surface area (Å²) >= 11 is 1.29. The molecule has 1 aliphatic rings. The highest BCUT2D eigenvalue weighted by Gasteiger charge is 2.27. The van der Waals surface area contributed by atoms with Crippen LogP contribution in [0.5, 0.6) is 5.75 Å². The molecule has 0 unspecified atom stereocenters. The maximum absolute atomic E-state index is 12.9. The summed E-state index contributed by atoms with van der Waals surface area (Å²) < 4.78 is 11.3. The third-order valence-electron chi connectivity index (χ3n) is 5.43. The number of carbonyl (C=O) groups excluding carboxylic acids is 1. The number of ether oxygens (including phenoxy) is 1. The van der Waals surface area contributed by atoms with Crippen molar-refractivity contribution in [1.82, 2.24) is 4.98 Å². The third-order valence-corrected chi connectivity index (χ3v) is 6.51. The van der Waals surface area contributed by atoms with E-state index in [1.807, 2.05) is 37.3 Å². The molecule has 5 nitrogen and oxygen atoms in total. The van der Waals surface area contributed by atoms with E-state index in [4.69, 9.17) is 19.9 Å². The first kappa shape index (κ1) is 17.9. The van der Waals surface area contributed by atoms with E-state index in [2.05, 4.69) is 0 Å². The normalized spacial score (nSPS) is 13.4. The van der Waals surface area contributed by atoms with E-state index >= 15 is 0 Å². The number of hydrogen-bond acceptors (Lipinski definition) is 6. The van der Waals surface area contributed by atoms with Gasteiger partial charge in [-0.25, -0.2) is 9.78 Å². The van der Waals surface area contributed by atoms with Gasteiger partial charge in [0.2, 0.25) is 0 Å². The summed E-state index contributed by atoms with van der Waals surface area (Å²) in [5.41, 5.74) is 11.1. The van der Waals surface area contributed by atoms with Crippen molar-refractivity contribution in [3.05, 3.63) is 64.2 Å². The number of para-hydroxylation sites is 1. The van der Waals surface area contributed by atoms with Gasteiger partial charge in [-0.1, -0.05) is 18.2 Å². The number of esters is 1. The van der Waals surface area contributed by atoms with Gasteiger partial charge in [-0.3, -0.25) is 0 Å². The number of aryl methyl sites for hydroxylation is 2. The van der Waals surface area contributed by atoms with E-state index in [0.29, 0.717) is 16.3 Å². The number of carbonyl (C=O) groups is 1. The van der Waals surface area contributed by atoms with E-state index in [-0.39, 0.29) is 0 Å². The standard InChI is InChI=1S/C23H20N2O3S/c1-13-7-2-5-10-16(13)28-23(26)21-19(24)18-14-8-3-4-9-15(14)20(25-22(18)29-21)17-11-6-12-27-17/h2,5-7,10-12H,3-4,8-9,24H2,1H3. The molecule has 0 fully saturated rings. The van der Waals surface area contributed by atoms with Gasteiger partial charge in [-0.15, -0.1) is 11.3 Å². The monoisotopic (exact) mass is 404 g/mol. The van der Waals surface area contributed by atoms with Crippen molar-refractivity contribution >= 4 is 33.2 Å². The fourth-order valence-corrected chi connectivity index (χ4v) is 5.00. The van der Waals surface area contributed by atoms with Gasteiger partial charge >= 0.3 is 5.97 Å². The van der Waals surface area contributed by atoms with Crippen LogP contribution in [0.2, 0.25) is 0 Å². The van der Waals surface area contributed by atoms with Crippen LogP contribution in [-0.2, 0) is 12.8 Å². The molecule has 29 heavy (non-hydrogen) atoms. The molecule has 0 saturated heterocycles. The van der Waals surface area contributed by atoms with Crippen LogP contribution in [0, 0.1) is 6.92 Å². The van der Waals surface area contributed by atoms with Gasteiger partial charge in [0.15, 0.2) is 5.76 Å². The number of hydrogen-bond donors (Lipinski definition) is 1. The van der Waals surface area contributed by atoms with E-state index in [1.165, 1.54) is 22.5 Å². The number of anilines is 1. The zero-order chi connectivity index (χ0) is 20.0. The number of aromatic nitrogens is 1. The SMILES string of the molecule is Cc1ccccc1OC(=O)c1sc2nc(-c3ccco3)c3c(c2c1N)CCCC3. The molecular weight excluding hydrogens is 384 g/mol. The van der Waals surface area contributed by atoms with Gasteiger partial charge in [-0.05, 0) is 67.5 Å². The average molecular weight is 404 g/mol. The molecule has 0 saturated carbocycles. The quantitative estimate of drug-likeness (QED) is 0.358. The van der Waals surface area contributed by atoms with Gasteiger partial charge in [-0.2, -0.15) is 0 Å². The summed E-state index contributed by atoms with van der Waals surface area (Å²) in [5.74, 6) is 0.852. The van der Waals surface area contributed by atoms with Crippen molar-refractivity contribution in [2.75, 3.05) is 5.73 Å². The Balaban J connectivity index is 1.64. The van der Waals surface area contributed by atoms with Gasteiger partial charge in [0, 0.05) is 5.39 Å². The van der Waals surface area contributed by atoms with Gasteiger partial charge in [0.1, 0.15) is 21.2 Å². The highest BCUT2D eigenvalue weighted by molar-refractivity contribution is 7.21. The lowest BCUT2D eigenvalue weighted by atomic mass is 9.88. The number of thiophene rings is 1. The molecule has 0 atom stereocenters. The molecule has 0 radical (unpaired) electrons. The minimum absolute atomic E-state index is 0.403. The van der Waals surface area contributed by atoms with E-state index in [0.717, 1.165) is 52.9 Å². The lowest BCUT2D eigenvalue weighted by molar-refractivity contribution is 0.0739. The Hall–Kier alpha value is -3.12. The van der Waals surface area contributed by atoms with Crippen LogP contribution in [0.15, 0.2) is 47.1 Å². The van der Waals surface area contributed by atoms with Crippen LogP contribution < -0.4 is 10.5 Å². The second-order valence-electron chi connectivity index (χ2n) is 7.28. The summed E-state index contributed by atoms with van der Waals surface area (Å²) in [5, 5.41) is 0.900. The zero-order valence-corrected chi connectivity index (χ0v) is 16.8. The van der Waals surface area contributed by atoms with Crippen molar-refractivity contribution < 1.29 is 13.9 Å². The molecular formula is C23H20N2O3S. The molecule has 5 rings (SSSR count). The Bertz CT molecular complexity index is 1220. The molecule has 4 aromatic rings. The number of nitrogen functional groups attached to an aromatic ring is 1. The fraction of sp³-hybridized carbons (Fsp3) is 0.217. The van der Waals surface area contributed by atoms with Crippen molar-refractivity contribution in [2.45, 2.75) is 32.6 Å². The Labute approximate surface area is 172 Å². The van der Waals surface area contributed by atoms with Crippen LogP contribution >= 0.6 is 11.3 Å². The van der Waals surface area contributed by atoms with Crippen molar-refractivity contribution in [2.24, 2.45) is 0 Å². The van der Waals surface area contributed by atoms with Crippen LogP contribution in [0.1, 0.15) is 39.2 Å². The Morgan fingerprint density at radius 3 is 2.69 bits per heavy atom. The number of benzene rings is 1. The number of nitrogens with two attached hydrogens (primary N) is 1. The summed E-state index contributed by atoms with van der Waals surface area (Å²) in [6.07, 6.45) is 5.73. The lowest BCUT2D eigenvalue weighted by Crippen LogP contribution is -2.10. The molecule has 2 N–H and O–H groups in total. The Morgan fingerprint density at radius 2 is 1.93 bits per heavy atom. The summed E-state index contributed by atoms with van der Waals surface area (Å²) in [6.45, 7) is 1.91. The molecule has 6 heteroatoms. The number of nitrogens with zero attached hydrogens (tertiary/aromatic N) is 1. The first-order valence-corrected chi connectivity index (χ1v) is 10.5. The molecule has 3 heterocycles. The minimum Gasteiger partial charge on any atom is -0.463 e. The van der Waals surface area contributed by atoms with E-state index in [1.54, 1.807) is 12.3 Å². The van der Waals surface area contributed by atoms with Crippen LogP contribution in [-0.4, -0.2) is 11.0 Å². The van der Waals surface area contributed by atoms with Crippen LogP contribution in [0.3, 0.4) is 0 Å². The molecule has 0 amide bonds.